The van der Waals surface area contributed by atoms with Gasteiger partial charge in [0.1, 0.15) is 12.2 Å². The van der Waals surface area contributed by atoms with Gasteiger partial charge in [0.2, 0.25) is 0 Å². The van der Waals surface area contributed by atoms with Gasteiger partial charge in [-0.25, -0.2) is 4.79 Å². The van der Waals surface area contributed by atoms with Gasteiger partial charge in [-0.3, -0.25) is 4.79 Å². The fourth-order valence-electron chi connectivity index (χ4n) is 5.33. The average molecular weight is 564 g/mol. The van der Waals surface area contributed by atoms with Crippen LogP contribution in [0.1, 0.15) is 67.7 Å². The zero-order valence-electron chi connectivity index (χ0n) is 25.4. The number of cyclic esters (lactones) is 1. The summed E-state index contributed by atoms with van der Waals surface area (Å²) in [5.41, 5.74) is 5.28. The van der Waals surface area contributed by atoms with Crippen molar-refractivity contribution >= 4 is 12.1 Å². The van der Waals surface area contributed by atoms with Gasteiger partial charge in [0.25, 0.3) is 0 Å². The molecule has 0 radical (unpaired) electrons. The standard InChI is InChI=1S/C32H53NO7/c1-9-10-14-22(5)30(40-32(33)38)24(7)28(35)21(4)17-13-16-20(3)27(34)19(2)15-11-12-18-26-23(6)29(36)25(8)31(37)39-26/h9-11,13-16,19-30,34-36H,1,12,17-18H2,2-8H3,(H2,33,38)/b14-10-,15-11-,16-13-/t19-,20-,21-,22-,23-,24-,25+,26-,27-,28+,29-,30-/m0/s1. The smallest absolute Gasteiger partial charge is 0.404 e. The van der Waals surface area contributed by atoms with Gasteiger partial charge in [0, 0.05) is 29.6 Å². The molecule has 0 aromatic carbocycles. The summed E-state index contributed by atoms with van der Waals surface area (Å²) in [5, 5.41) is 32.0. The van der Waals surface area contributed by atoms with E-state index in [2.05, 4.69) is 6.58 Å². The number of ether oxygens (including phenoxy) is 2. The van der Waals surface area contributed by atoms with Crippen molar-refractivity contribution in [1.29, 1.82) is 0 Å². The van der Waals surface area contributed by atoms with Crippen LogP contribution in [0.15, 0.2) is 49.1 Å². The van der Waals surface area contributed by atoms with E-state index in [9.17, 15) is 24.9 Å². The molecule has 1 rings (SSSR count). The van der Waals surface area contributed by atoms with Crippen LogP contribution in [0, 0.1) is 41.4 Å². The predicted molar refractivity (Wildman–Crippen MR) is 158 cm³/mol. The van der Waals surface area contributed by atoms with Crippen LogP contribution in [-0.4, -0.2) is 57.9 Å². The molecule has 8 heteroatoms. The molecule has 0 unspecified atom stereocenters. The van der Waals surface area contributed by atoms with Crippen LogP contribution >= 0.6 is 0 Å². The molecule has 1 heterocycles. The lowest BCUT2D eigenvalue weighted by atomic mass is 9.82. The van der Waals surface area contributed by atoms with Crippen LogP contribution < -0.4 is 5.73 Å². The van der Waals surface area contributed by atoms with Gasteiger partial charge in [-0.05, 0) is 32.1 Å². The first-order valence-electron chi connectivity index (χ1n) is 14.6. The van der Waals surface area contributed by atoms with Crippen molar-refractivity contribution in [2.75, 3.05) is 0 Å². The number of rotatable bonds is 16. The third-order valence-electron chi connectivity index (χ3n) is 8.32. The molecule has 0 aliphatic carbocycles. The lowest BCUT2D eigenvalue weighted by Gasteiger charge is -2.36. The fourth-order valence-corrected chi connectivity index (χ4v) is 5.33. The Kier molecular flexibility index (Phi) is 15.5. The summed E-state index contributed by atoms with van der Waals surface area (Å²) < 4.78 is 10.8. The predicted octanol–water partition coefficient (Wildman–Crippen LogP) is 4.94. The molecule has 8 nitrogen and oxygen atoms in total. The molecule has 0 saturated carbocycles. The number of allylic oxidation sites excluding steroid dienone is 4. The summed E-state index contributed by atoms with van der Waals surface area (Å²) in [7, 11) is 0. The van der Waals surface area contributed by atoms with Crippen molar-refractivity contribution in [3.63, 3.8) is 0 Å². The third kappa shape index (κ3) is 10.9. The average Bonchev–Trinajstić information content (AvgIpc) is 2.92. The van der Waals surface area contributed by atoms with Crippen LogP contribution in [0.4, 0.5) is 4.79 Å². The van der Waals surface area contributed by atoms with Gasteiger partial charge in [-0.1, -0.05) is 90.7 Å². The Balaban J connectivity index is 2.60. The Bertz CT molecular complexity index is 884. The summed E-state index contributed by atoms with van der Waals surface area (Å²) in [6.45, 7) is 16.8. The van der Waals surface area contributed by atoms with E-state index in [1.165, 1.54) is 0 Å². The zero-order valence-corrected chi connectivity index (χ0v) is 25.4. The Morgan fingerprint density at radius 3 is 2.20 bits per heavy atom. The Morgan fingerprint density at radius 2 is 1.62 bits per heavy atom. The number of aliphatic hydroxyl groups is 3. The second-order valence-corrected chi connectivity index (χ2v) is 11.7. The Morgan fingerprint density at radius 1 is 1.02 bits per heavy atom. The first-order valence-corrected chi connectivity index (χ1v) is 14.6. The molecule has 1 aliphatic rings. The number of carbonyl (C=O) groups excluding carboxylic acids is 2. The number of carbonyl (C=O) groups is 2. The van der Waals surface area contributed by atoms with E-state index in [1.54, 1.807) is 19.1 Å². The number of nitrogens with two attached hydrogens (primary N) is 1. The molecular weight excluding hydrogens is 510 g/mol. The maximum Gasteiger partial charge on any atom is 0.404 e. The summed E-state index contributed by atoms with van der Waals surface area (Å²) in [5.74, 6) is -1.77. The molecule has 12 atom stereocenters. The molecule has 1 amide bonds. The van der Waals surface area contributed by atoms with E-state index in [4.69, 9.17) is 15.2 Å². The van der Waals surface area contributed by atoms with E-state index < -0.39 is 36.4 Å². The molecular formula is C32H53NO7. The van der Waals surface area contributed by atoms with E-state index in [-0.39, 0.29) is 47.6 Å². The van der Waals surface area contributed by atoms with Crippen molar-refractivity contribution in [3.8, 4) is 0 Å². The van der Waals surface area contributed by atoms with Crippen LogP contribution in [0.3, 0.4) is 0 Å². The van der Waals surface area contributed by atoms with Crippen molar-refractivity contribution in [2.24, 2.45) is 47.2 Å². The van der Waals surface area contributed by atoms with Crippen LogP contribution in [0.5, 0.6) is 0 Å². The molecule has 0 aromatic heterocycles. The van der Waals surface area contributed by atoms with Crippen molar-refractivity contribution in [2.45, 2.75) is 98.2 Å². The summed E-state index contributed by atoms with van der Waals surface area (Å²) in [6.07, 6.45) is 11.3. The highest BCUT2D eigenvalue weighted by atomic mass is 16.6. The zero-order chi connectivity index (χ0) is 30.6. The lowest BCUT2D eigenvalue weighted by molar-refractivity contribution is -0.177. The van der Waals surface area contributed by atoms with Crippen molar-refractivity contribution in [3.05, 3.63) is 49.1 Å². The number of primary amides is 1. The number of amides is 1. The van der Waals surface area contributed by atoms with Gasteiger partial charge in [0.15, 0.2) is 0 Å². The van der Waals surface area contributed by atoms with Gasteiger partial charge in [-0.2, -0.15) is 0 Å². The van der Waals surface area contributed by atoms with Gasteiger partial charge in [-0.15, -0.1) is 0 Å². The quantitative estimate of drug-likeness (QED) is 0.119. The van der Waals surface area contributed by atoms with Gasteiger partial charge >= 0.3 is 12.1 Å². The highest BCUT2D eigenvalue weighted by Crippen LogP contribution is 2.29. The molecule has 0 spiro atoms. The maximum absolute atomic E-state index is 11.9. The minimum Gasteiger partial charge on any atom is -0.462 e. The number of hydrogen-bond donors (Lipinski definition) is 4. The fraction of sp³-hybridized carbons (Fsp3) is 0.688. The highest BCUT2D eigenvalue weighted by molar-refractivity contribution is 5.73. The summed E-state index contributed by atoms with van der Waals surface area (Å²) in [4.78, 5) is 23.4. The topological polar surface area (TPSA) is 139 Å². The van der Waals surface area contributed by atoms with E-state index >= 15 is 0 Å². The minimum absolute atomic E-state index is 0.0866. The summed E-state index contributed by atoms with van der Waals surface area (Å²) >= 11 is 0. The number of esters is 1. The van der Waals surface area contributed by atoms with Crippen molar-refractivity contribution in [1.82, 2.24) is 0 Å². The SMILES string of the molecule is C=C/C=C\[C@H](C)[C@H](OC(N)=O)[C@@H](C)[C@H](O)[C@@H](C)C/C=C\[C@H](C)[C@@H](O)[C@@H](C)/C=C\CC[C@@H]1OC(=O)[C@H](C)[C@@H](O)[C@H]1C. The van der Waals surface area contributed by atoms with E-state index in [0.29, 0.717) is 19.3 Å². The van der Waals surface area contributed by atoms with Crippen LogP contribution in [0.2, 0.25) is 0 Å². The monoisotopic (exact) mass is 563 g/mol. The molecule has 0 aromatic rings. The molecule has 228 valence electrons. The molecule has 0 bridgehead atoms. The largest absolute Gasteiger partial charge is 0.462 e. The van der Waals surface area contributed by atoms with Crippen LogP contribution in [-0.2, 0) is 14.3 Å². The highest BCUT2D eigenvalue weighted by Gasteiger charge is 2.39. The number of hydrogen-bond acceptors (Lipinski definition) is 7. The lowest BCUT2D eigenvalue weighted by Crippen LogP contribution is -2.46. The van der Waals surface area contributed by atoms with Crippen molar-refractivity contribution < 1.29 is 34.4 Å². The molecule has 1 saturated heterocycles. The second-order valence-electron chi connectivity index (χ2n) is 11.7. The first-order chi connectivity index (χ1) is 18.7. The molecule has 40 heavy (non-hydrogen) atoms. The number of aliphatic hydroxyl groups excluding tert-OH is 3. The normalized spacial score (nSPS) is 28.0. The third-order valence-corrected chi connectivity index (χ3v) is 8.32. The first kappa shape index (κ1) is 35.6. The van der Waals surface area contributed by atoms with Crippen LogP contribution in [0.25, 0.3) is 0 Å². The Hall–Kier alpha value is -2.42. The minimum atomic E-state index is -0.873. The summed E-state index contributed by atoms with van der Waals surface area (Å²) in [6, 6.07) is 0. The second kappa shape index (κ2) is 17.4. The van der Waals surface area contributed by atoms with E-state index in [0.717, 1.165) is 0 Å². The molecule has 1 aliphatic heterocycles. The Labute approximate surface area is 241 Å². The molecule has 1 fully saturated rings. The molecule has 5 N–H and O–H groups in total. The maximum atomic E-state index is 11.9. The van der Waals surface area contributed by atoms with Gasteiger partial charge < -0.3 is 30.5 Å². The van der Waals surface area contributed by atoms with Gasteiger partial charge in [0.05, 0.1) is 24.2 Å². The van der Waals surface area contributed by atoms with E-state index in [1.807, 2.05) is 71.9 Å².